The summed E-state index contributed by atoms with van der Waals surface area (Å²) in [7, 11) is 3.12. The van der Waals surface area contributed by atoms with Crippen molar-refractivity contribution in [2.45, 2.75) is 25.7 Å². The summed E-state index contributed by atoms with van der Waals surface area (Å²) in [6.45, 7) is 1.09. The van der Waals surface area contributed by atoms with Gasteiger partial charge >= 0.3 is 0 Å². The minimum absolute atomic E-state index is 0.867. The van der Waals surface area contributed by atoms with Crippen molar-refractivity contribution < 1.29 is 0 Å². The SMILES string of the molecule is CN(CC1CCCC1)N=S=S. The Labute approximate surface area is 76.3 Å². The maximum Gasteiger partial charge on any atom is 0.0477 e. The molecule has 1 rings (SSSR count). The fourth-order valence-electron chi connectivity index (χ4n) is 1.66. The van der Waals surface area contributed by atoms with E-state index in [1.807, 2.05) is 12.1 Å². The Hall–Kier alpha value is 0.200. The number of hydrogen-bond donors (Lipinski definition) is 0. The summed E-state index contributed by atoms with van der Waals surface area (Å²) in [6.07, 6.45) is 5.56. The molecule has 0 saturated heterocycles. The van der Waals surface area contributed by atoms with Gasteiger partial charge in [0, 0.05) is 34.9 Å². The fourth-order valence-corrected chi connectivity index (χ4v) is 2.18. The first-order chi connectivity index (χ1) is 5.33. The Bertz CT molecular complexity index is 160. The Kier molecular flexibility index (Phi) is 4.18. The van der Waals surface area contributed by atoms with Crippen LogP contribution in [0.4, 0.5) is 0 Å². The molecule has 0 aromatic rings. The molecular formula is C7H14N2S2. The van der Waals surface area contributed by atoms with Crippen molar-refractivity contribution in [3.63, 3.8) is 0 Å². The van der Waals surface area contributed by atoms with Gasteiger partial charge in [-0.3, -0.25) is 0 Å². The Balaban J connectivity index is 2.23. The first kappa shape index (κ1) is 9.29. The third kappa shape index (κ3) is 3.40. The molecule has 0 aromatic heterocycles. The molecule has 0 aromatic carbocycles. The highest BCUT2D eigenvalue weighted by Crippen LogP contribution is 2.24. The lowest BCUT2D eigenvalue weighted by atomic mass is 10.1. The smallest absolute Gasteiger partial charge is 0.0477 e. The predicted molar refractivity (Wildman–Crippen MR) is 51.7 cm³/mol. The van der Waals surface area contributed by atoms with E-state index < -0.39 is 0 Å². The zero-order valence-corrected chi connectivity index (χ0v) is 8.46. The highest BCUT2D eigenvalue weighted by Gasteiger charge is 2.15. The van der Waals surface area contributed by atoms with Crippen LogP contribution in [0.1, 0.15) is 25.7 Å². The lowest BCUT2D eigenvalue weighted by molar-refractivity contribution is 0.296. The molecule has 1 aliphatic carbocycles. The molecule has 1 saturated carbocycles. The molecule has 0 bridgehead atoms. The van der Waals surface area contributed by atoms with Crippen LogP contribution in [-0.2, 0) is 21.3 Å². The van der Waals surface area contributed by atoms with E-state index in [0.717, 1.165) is 22.6 Å². The van der Waals surface area contributed by atoms with Crippen molar-refractivity contribution in [3.05, 3.63) is 0 Å². The van der Waals surface area contributed by atoms with E-state index in [0.29, 0.717) is 0 Å². The Morgan fingerprint density at radius 2 is 2.18 bits per heavy atom. The van der Waals surface area contributed by atoms with Crippen LogP contribution in [0.2, 0.25) is 0 Å². The van der Waals surface area contributed by atoms with Gasteiger partial charge in [0.2, 0.25) is 0 Å². The number of hydrogen-bond acceptors (Lipinski definition) is 2. The van der Waals surface area contributed by atoms with Crippen molar-refractivity contribution in [1.29, 1.82) is 0 Å². The van der Waals surface area contributed by atoms with Crippen LogP contribution >= 0.6 is 0 Å². The lowest BCUT2D eigenvalue weighted by Gasteiger charge is -2.13. The van der Waals surface area contributed by atoms with Crippen molar-refractivity contribution in [1.82, 2.24) is 5.01 Å². The Morgan fingerprint density at radius 3 is 2.73 bits per heavy atom. The van der Waals surface area contributed by atoms with Crippen LogP contribution in [0.5, 0.6) is 0 Å². The van der Waals surface area contributed by atoms with Gasteiger partial charge in [0.15, 0.2) is 0 Å². The average Bonchev–Trinajstić information content (AvgIpc) is 2.40. The van der Waals surface area contributed by atoms with Gasteiger partial charge in [-0.1, -0.05) is 12.8 Å². The van der Waals surface area contributed by atoms with Crippen LogP contribution in [0.25, 0.3) is 0 Å². The molecule has 0 spiro atoms. The summed E-state index contributed by atoms with van der Waals surface area (Å²) < 4.78 is 4.05. The van der Waals surface area contributed by atoms with Crippen molar-refractivity contribution in [2.75, 3.05) is 13.6 Å². The van der Waals surface area contributed by atoms with Gasteiger partial charge in [-0.2, -0.15) is 5.01 Å². The van der Waals surface area contributed by atoms with E-state index >= 15 is 0 Å². The monoisotopic (exact) mass is 190 g/mol. The topological polar surface area (TPSA) is 15.6 Å². The molecule has 2 nitrogen and oxygen atoms in total. The standard InChI is InChI=1S/C7H14N2S2/c1-9(8-11-10)6-7-4-2-3-5-7/h7H,2-6H2,1H3. The second kappa shape index (κ2) is 4.95. The van der Waals surface area contributed by atoms with E-state index in [1.54, 1.807) is 0 Å². The number of rotatable bonds is 3. The van der Waals surface area contributed by atoms with Crippen molar-refractivity contribution >= 4 is 21.3 Å². The Morgan fingerprint density at radius 1 is 1.55 bits per heavy atom. The van der Waals surface area contributed by atoms with Crippen LogP contribution in [-0.4, -0.2) is 18.6 Å². The molecule has 0 aliphatic heterocycles. The molecule has 0 N–H and O–H groups in total. The normalized spacial score (nSPS) is 19.1. The van der Waals surface area contributed by atoms with Gasteiger partial charge in [0.05, 0.1) is 0 Å². The van der Waals surface area contributed by atoms with Crippen molar-refractivity contribution in [3.8, 4) is 0 Å². The molecule has 0 unspecified atom stereocenters. The summed E-state index contributed by atoms with van der Waals surface area (Å²) >= 11 is 4.68. The molecule has 64 valence electrons. The summed E-state index contributed by atoms with van der Waals surface area (Å²) in [4.78, 5) is 0. The fraction of sp³-hybridized carbons (Fsp3) is 1.00. The highest BCUT2D eigenvalue weighted by molar-refractivity contribution is 8.12. The predicted octanol–water partition coefficient (Wildman–Crippen LogP) is 1.75. The van der Waals surface area contributed by atoms with Crippen LogP contribution in [0.15, 0.2) is 4.47 Å². The third-order valence-electron chi connectivity index (χ3n) is 2.17. The van der Waals surface area contributed by atoms with Crippen LogP contribution in [0, 0.1) is 5.92 Å². The van der Waals surface area contributed by atoms with E-state index in [1.165, 1.54) is 25.7 Å². The zero-order valence-electron chi connectivity index (χ0n) is 6.82. The molecule has 4 heteroatoms. The molecule has 0 radical (unpaired) electrons. The molecule has 11 heavy (non-hydrogen) atoms. The molecular weight excluding hydrogens is 176 g/mol. The average molecular weight is 190 g/mol. The van der Waals surface area contributed by atoms with E-state index in [9.17, 15) is 0 Å². The summed E-state index contributed by atoms with van der Waals surface area (Å²) in [5, 5.41) is 1.97. The van der Waals surface area contributed by atoms with Gasteiger partial charge in [0.25, 0.3) is 0 Å². The highest BCUT2D eigenvalue weighted by atomic mass is 32.8. The molecule has 1 fully saturated rings. The lowest BCUT2D eigenvalue weighted by Crippen LogP contribution is -2.18. The van der Waals surface area contributed by atoms with E-state index in [-0.39, 0.29) is 0 Å². The first-order valence-electron chi connectivity index (χ1n) is 4.04. The van der Waals surface area contributed by atoms with Gasteiger partial charge in [-0.25, -0.2) is 0 Å². The maximum atomic E-state index is 4.68. The second-order valence-corrected chi connectivity index (χ2v) is 3.91. The van der Waals surface area contributed by atoms with Gasteiger partial charge in [0.1, 0.15) is 0 Å². The van der Waals surface area contributed by atoms with Gasteiger partial charge in [-0.05, 0) is 18.8 Å². The molecule has 0 atom stereocenters. The maximum absolute atomic E-state index is 4.68. The quantitative estimate of drug-likeness (QED) is 0.630. The minimum Gasteiger partial charge on any atom is -0.192 e. The summed E-state index contributed by atoms with van der Waals surface area (Å²) in [6, 6.07) is 0. The van der Waals surface area contributed by atoms with Gasteiger partial charge < -0.3 is 0 Å². The summed E-state index contributed by atoms with van der Waals surface area (Å²) in [5.41, 5.74) is 0. The van der Waals surface area contributed by atoms with Crippen LogP contribution in [0.3, 0.4) is 0 Å². The molecule has 0 amide bonds. The van der Waals surface area contributed by atoms with Gasteiger partial charge in [-0.15, -0.1) is 4.47 Å². The minimum atomic E-state index is 0.867. The van der Waals surface area contributed by atoms with E-state index in [2.05, 4.69) is 15.7 Å². The summed E-state index contributed by atoms with van der Waals surface area (Å²) in [5.74, 6) is 0.867. The third-order valence-corrected chi connectivity index (χ3v) is 2.72. The van der Waals surface area contributed by atoms with E-state index in [4.69, 9.17) is 0 Å². The van der Waals surface area contributed by atoms with Crippen LogP contribution < -0.4 is 0 Å². The largest absolute Gasteiger partial charge is 0.192 e. The first-order valence-corrected chi connectivity index (χ1v) is 5.74. The van der Waals surface area contributed by atoms with Crippen molar-refractivity contribution in [2.24, 2.45) is 10.4 Å². The molecule has 0 heterocycles. The molecule has 1 aliphatic rings. The second-order valence-electron chi connectivity index (χ2n) is 3.15. The zero-order chi connectivity index (χ0) is 8.10. The number of nitrogens with zero attached hydrogens (tertiary/aromatic N) is 2.